The maximum atomic E-state index is 12.5. The number of nitrogens with one attached hydrogen (secondary N) is 1. The van der Waals surface area contributed by atoms with Gasteiger partial charge in [0.15, 0.2) is 6.29 Å². The Labute approximate surface area is 189 Å². The lowest BCUT2D eigenvalue weighted by atomic mass is 10.0. The fourth-order valence-electron chi connectivity index (χ4n) is 4.30. The molecular formula is C26H31N3O3. The summed E-state index contributed by atoms with van der Waals surface area (Å²) in [7, 11) is 0. The molecule has 0 bridgehead atoms. The van der Waals surface area contributed by atoms with Crippen molar-refractivity contribution in [3.05, 3.63) is 65.9 Å². The second-order valence-corrected chi connectivity index (χ2v) is 9.40. The molecule has 1 saturated heterocycles. The van der Waals surface area contributed by atoms with Crippen molar-refractivity contribution < 1.29 is 14.3 Å². The monoisotopic (exact) mass is 433 g/mol. The molecule has 2 heterocycles. The summed E-state index contributed by atoms with van der Waals surface area (Å²) in [5.74, 6) is 0. The molecule has 0 atom stereocenters. The minimum atomic E-state index is -0.491. The van der Waals surface area contributed by atoms with Crippen molar-refractivity contribution in [3.63, 3.8) is 0 Å². The van der Waals surface area contributed by atoms with Gasteiger partial charge in [0.25, 0.3) is 0 Å². The van der Waals surface area contributed by atoms with Crippen molar-refractivity contribution >= 4 is 29.0 Å². The number of piperidine rings is 1. The number of aromatic amines is 1. The number of likely N-dealkylation sites (tertiary alicyclic amines) is 1. The van der Waals surface area contributed by atoms with Crippen molar-refractivity contribution in [2.24, 2.45) is 0 Å². The average Bonchev–Trinajstić information content (AvgIpc) is 3.19. The zero-order valence-electron chi connectivity index (χ0n) is 19.0. The summed E-state index contributed by atoms with van der Waals surface area (Å²) in [6.07, 6.45) is 4.12. The molecule has 0 aliphatic carbocycles. The van der Waals surface area contributed by atoms with Gasteiger partial charge >= 0.3 is 6.09 Å². The lowest BCUT2D eigenvalue weighted by Crippen LogP contribution is -2.48. The van der Waals surface area contributed by atoms with Crippen LogP contribution in [0.5, 0.6) is 0 Å². The van der Waals surface area contributed by atoms with Crippen LogP contribution in [-0.2, 0) is 11.3 Å². The van der Waals surface area contributed by atoms with Gasteiger partial charge < -0.3 is 19.5 Å². The standard InChI is InChI=1S/C26H31N3O3/c1-26(2,3)32-25(31)28-13-11-21(12-14-28)29(17-19-7-5-4-6-8-19)22-9-10-24-23(15-22)20(18-30)16-27-24/h4-10,15-16,18,21,27H,11-14,17H2,1-3H3. The van der Waals surface area contributed by atoms with Gasteiger partial charge in [-0.25, -0.2) is 4.79 Å². The highest BCUT2D eigenvalue weighted by Crippen LogP contribution is 2.30. The van der Waals surface area contributed by atoms with E-state index in [-0.39, 0.29) is 12.1 Å². The van der Waals surface area contributed by atoms with Crippen LogP contribution < -0.4 is 4.90 Å². The number of H-pyrrole nitrogens is 1. The van der Waals surface area contributed by atoms with Gasteiger partial charge in [-0.05, 0) is 57.4 Å². The Morgan fingerprint density at radius 2 is 1.88 bits per heavy atom. The topological polar surface area (TPSA) is 65.6 Å². The van der Waals surface area contributed by atoms with Crippen LogP contribution in [0, 0.1) is 0 Å². The van der Waals surface area contributed by atoms with Gasteiger partial charge in [0.2, 0.25) is 0 Å². The number of carbonyl (C=O) groups excluding carboxylic acids is 2. The number of aldehydes is 1. The number of amides is 1. The molecule has 1 amide bonds. The van der Waals surface area contributed by atoms with Crippen LogP contribution in [0.3, 0.4) is 0 Å². The minimum Gasteiger partial charge on any atom is -0.444 e. The van der Waals surface area contributed by atoms with Crippen molar-refractivity contribution in [1.29, 1.82) is 0 Å². The van der Waals surface area contributed by atoms with Gasteiger partial charge in [0.1, 0.15) is 5.60 Å². The van der Waals surface area contributed by atoms with E-state index in [0.717, 1.165) is 42.3 Å². The fraction of sp³-hybridized carbons (Fsp3) is 0.385. The smallest absolute Gasteiger partial charge is 0.410 e. The first-order valence-corrected chi connectivity index (χ1v) is 11.2. The zero-order chi connectivity index (χ0) is 22.7. The van der Waals surface area contributed by atoms with Gasteiger partial charge in [-0.15, -0.1) is 0 Å². The molecule has 0 unspecified atom stereocenters. The van der Waals surface area contributed by atoms with E-state index >= 15 is 0 Å². The average molecular weight is 434 g/mol. The maximum Gasteiger partial charge on any atom is 0.410 e. The van der Waals surface area contributed by atoms with Gasteiger partial charge in [-0.1, -0.05) is 30.3 Å². The van der Waals surface area contributed by atoms with E-state index in [1.807, 2.05) is 37.8 Å². The Kier molecular flexibility index (Phi) is 6.21. The first kappa shape index (κ1) is 21.9. The van der Waals surface area contributed by atoms with Crippen molar-refractivity contribution in [2.75, 3.05) is 18.0 Å². The molecule has 1 aliphatic rings. The zero-order valence-corrected chi connectivity index (χ0v) is 19.0. The van der Waals surface area contributed by atoms with Crippen molar-refractivity contribution in [1.82, 2.24) is 9.88 Å². The Morgan fingerprint density at radius 3 is 2.53 bits per heavy atom. The number of nitrogens with zero attached hydrogens (tertiary/aromatic N) is 2. The Hall–Kier alpha value is -3.28. The lowest BCUT2D eigenvalue weighted by molar-refractivity contribution is 0.0204. The molecule has 1 aromatic heterocycles. The summed E-state index contributed by atoms with van der Waals surface area (Å²) >= 11 is 0. The highest BCUT2D eigenvalue weighted by molar-refractivity contribution is 5.98. The summed E-state index contributed by atoms with van der Waals surface area (Å²) < 4.78 is 5.55. The van der Waals surface area contributed by atoms with E-state index in [1.165, 1.54) is 5.56 Å². The van der Waals surface area contributed by atoms with Crippen LogP contribution in [0.1, 0.15) is 49.5 Å². The summed E-state index contributed by atoms with van der Waals surface area (Å²) in [5, 5.41) is 0.932. The second kappa shape index (κ2) is 9.07. The Bertz CT molecular complexity index is 1080. The maximum absolute atomic E-state index is 12.5. The summed E-state index contributed by atoms with van der Waals surface area (Å²) in [6.45, 7) is 7.77. The number of benzene rings is 2. The summed E-state index contributed by atoms with van der Waals surface area (Å²) in [6, 6.07) is 16.9. The SMILES string of the molecule is CC(C)(C)OC(=O)N1CCC(N(Cc2ccccc2)c2ccc3[nH]cc(C=O)c3c2)CC1. The number of ether oxygens (including phenoxy) is 1. The Morgan fingerprint density at radius 1 is 1.16 bits per heavy atom. The highest BCUT2D eigenvalue weighted by Gasteiger charge is 2.30. The van der Waals surface area contributed by atoms with E-state index in [0.29, 0.717) is 18.7 Å². The quantitative estimate of drug-likeness (QED) is 0.548. The van der Waals surface area contributed by atoms with E-state index < -0.39 is 5.60 Å². The molecule has 6 nitrogen and oxygen atoms in total. The molecule has 1 fully saturated rings. The van der Waals surface area contributed by atoms with E-state index in [4.69, 9.17) is 4.74 Å². The van der Waals surface area contributed by atoms with Crippen LogP contribution in [0.25, 0.3) is 10.9 Å². The number of aromatic nitrogens is 1. The highest BCUT2D eigenvalue weighted by atomic mass is 16.6. The number of hydrogen-bond donors (Lipinski definition) is 1. The van der Waals surface area contributed by atoms with Gasteiger partial charge in [0.05, 0.1) is 0 Å². The van der Waals surface area contributed by atoms with Gasteiger partial charge in [-0.3, -0.25) is 4.79 Å². The predicted molar refractivity (Wildman–Crippen MR) is 127 cm³/mol. The summed E-state index contributed by atoms with van der Waals surface area (Å²) in [5.41, 5.74) is 3.44. The van der Waals surface area contributed by atoms with E-state index in [9.17, 15) is 9.59 Å². The van der Waals surface area contributed by atoms with E-state index in [2.05, 4.69) is 46.3 Å². The number of carbonyl (C=O) groups is 2. The normalized spacial score (nSPS) is 15.0. The first-order valence-electron chi connectivity index (χ1n) is 11.2. The molecule has 1 N–H and O–H groups in total. The van der Waals surface area contributed by atoms with E-state index in [1.54, 1.807) is 6.20 Å². The van der Waals surface area contributed by atoms with Gasteiger partial charge in [-0.2, -0.15) is 0 Å². The first-order chi connectivity index (χ1) is 15.3. The fourth-order valence-corrected chi connectivity index (χ4v) is 4.30. The molecule has 4 rings (SSSR count). The largest absolute Gasteiger partial charge is 0.444 e. The molecular weight excluding hydrogens is 402 g/mol. The third-order valence-corrected chi connectivity index (χ3v) is 5.91. The molecule has 168 valence electrons. The van der Waals surface area contributed by atoms with Crippen molar-refractivity contribution in [3.8, 4) is 0 Å². The van der Waals surface area contributed by atoms with Gasteiger partial charge in [0, 0.05) is 54.0 Å². The van der Waals surface area contributed by atoms with Crippen LogP contribution in [0.2, 0.25) is 0 Å². The number of anilines is 1. The molecule has 0 spiro atoms. The molecule has 1 aliphatic heterocycles. The molecule has 0 radical (unpaired) electrons. The molecule has 2 aromatic carbocycles. The molecule has 6 heteroatoms. The second-order valence-electron chi connectivity index (χ2n) is 9.40. The van der Waals surface area contributed by atoms with Crippen LogP contribution in [0.4, 0.5) is 10.5 Å². The number of hydrogen-bond acceptors (Lipinski definition) is 4. The van der Waals surface area contributed by atoms with Crippen LogP contribution in [-0.4, -0.2) is 47.0 Å². The third kappa shape index (κ3) is 4.96. The minimum absolute atomic E-state index is 0.241. The Balaban J connectivity index is 1.57. The van der Waals surface area contributed by atoms with Crippen LogP contribution in [0.15, 0.2) is 54.7 Å². The molecule has 3 aromatic rings. The summed E-state index contributed by atoms with van der Waals surface area (Å²) in [4.78, 5) is 31.3. The lowest BCUT2D eigenvalue weighted by Gasteiger charge is -2.40. The number of fused-ring (bicyclic) bond motifs is 1. The molecule has 0 saturated carbocycles. The number of rotatable bonds is 5. The van der Waals surface area contributed by atoms with Crippen LogP contribution >= 0.6 is 0 Å². The predicted octanol–water partition coefficient (Wildman–Crippen LogP) is 5.39. The third-order valence-electron chi connectivity index (χ3n) is 5.91. The molecule has 32 heavy (non-hydrogen) atoms. The van der Waals surface area contributed by atoms with Crippen molar-refractivity contribution in [2.45, 2.75) is 51.8 Å².